The van der Waals surface area contributed by atoms with Gasteiger partial charge < -0.3 is 14.4 Å². The van der Waals surface area contributed by atoms with Gasteiger partial charge >= 0.3 is 0 Å². The Morgan fingerprint density at radius 3 is 2.35 bits per heavy atom. The number of hydrogen-bond acceptors (Lipinski definition) is 4. The molecule has 0 atom stereocenters. The van der Waals surface area contributed by atoms with Gasteiger partial charge in [0.1, 0.15) is 0 Å². The highest BCUT2D eigenvalue weighted by molar-refractivity contribution is 5.79. The molecule has 0 radical (unpaired) electrons. The van der Waals surface area contributed by atoms with Crippen molar-refractivity contribution >= 4 is 5.91 Å². The lowest BCUT2D eigenvalue weighted by molar-refractivity contribution is -0.136. The van der Waals surface area contributed by atoms with Crippen LogP contribution in [0, 0.1) is 18.8 Å². The van der Waals surface area contributed by atoms with E-state index in [0.717, 1.165) is 42.6 Å². The number of para-hydroxylation sites is 3. The molecule has 2 aromatic carbocycles. The first-order chi connectivity index (χ1) is 16.5. The third kappa shape index (κ3) is 5.27. The third-order valence-corrected chi connectivity index (χ3v) is 6.36. The Morgan fingerprint density at radius 1 is 1.06 bits per heavy atom. The van der Waals surface area contributed by atoms with Crippen LogP contribution in [-0.4, -0.2) is 34.2 Å². The zero-order chi connectivity index (χ0) is 24.1. The maximum Gasteiger partial charge on any atom is 0.228 e. The number of aromatic nitrogens is 2. The molecule has 1 aromatic heterocycles. The molecule has 0 bridgehead atoms. The van der Waals surface area contributed by atoms with Crippen LogP contribution in [0.3, 0.4) is 0 Å². The van der Waals surface area contributed by atoms with E-state index in [1.54, 1.807) is 7.11 Å². The van der Waals surface area contributed by atoms with E-state index in [4.69, 9.17) is 14.6 Å². The first kappa shape index (κ1) is 23.9. The molecule has 3 aromatic rings. The Kier molecular flexibility index (Phi) is 7.56. The molecule has 1 heterocycles. The quantitative estimate of drug-likeness (QED) is 0.383. The predicted octanol–water partition coefficient (Wildman–Crippen LogP) is 6.16. The van der Waals surface area contributed by atoms with Crippen LogP contribution >= 0.6 is 0 Å². The highest BCUT2D eigenvalue weighted by atomic mass is 16.5. The molecular formula is C28H35N3O3. The van der Waals surface area contributed by atoms with Gasteiger partial charge in [0.25, 0.3) is 0 Å². The van der Waals surface area contributed by atoms with Gasteiger partial charge in [-0.2, -0.15) is 5.10 Å². The van der Waals surface area contributed by atoms with E-state index >= 15 is 0 Å². The average molecular weight is 462 g/mol. The van der Waals surface area contributed by atoms with Crippen LogP contribution in [0.15, 0.2) is 54.6 Å². The van der Waals surface area contributed by atoms with Crippen molar-refractivity contribution in [3.63, 3.8) is 0 Å². The van der Waals surface area contributed by atoms with Gasteiger partial charge in [0.05, 0.1) is 30.6 Å². The molecule has 4 rings (SSSR count). The summed E-state index contributed by atoms with van der Waals surface area (Å²) in [6, 6.07) is 17.5. The second-order valence-corrected chi connectivity index (χ2v) is 9.46. The number of carbonyl (C=O) groups is 1. The maximum atomic E-state index is 13.5. The molecule has 180 valence electrons. The molecule has 6 heteroatoms. The van der Waals surface area contributed by atoms with Crippen molar-refractivity contribution in [1.82, 2.24) is 14.7 Å². The van der Waals surface area contributed by atoms with Gasteiger partial charge in [-0.1, -0.05) is 57.0 Å². The van der Waals surface area contributed by atoms with Crippen molar-refractivity contribution in [2.45, 2.75) is 53.0 Å². The van der Waals surface area contributed by atoms with Gasteiger partial charge in [-0.15, -0.1) is 0 Å². The highest BCUT2D eigenvalue weighted by Crippen LogP contribution is 2.36. The molecule has 0 spiro atoms. The fourth-order valence-corrected chi connectivity index (χ4v) is 4.67. The van der Waals surface area contributed by atoms with Crippen LogP contribution in [0.5, 0.6) is 17.4 Å². The SMILES string of the molecule is COc1ccccc1Oc1c(CN(CC(C)C)C(=O)C2CCCC2)c(C)nn1-c1ccccc1. The number of benzene rings is 2. The Balaban J connectivity index is 1.76. The number of nitrogens with zero attached hydrogens (tertiary/aromatic N) is 3. The fraction of sp³-hybridized carbons (Fsp3) is 0.429. The first-order valence-corrected chi connectivity index (χ1v) is 12.2. The molecule has 34 heavy (non-hydrogen) atoms. The lowest BCUT2D eigenvalue weighted by atomic mass is 10.0. The van der Waals surface area contributed by atoms with Crippen LogP contribution < -0.4 is 9.47 Å². The van der Waals surface area contributed by atoms with Crippen LogP contribution in [0.4, 0.5) is 0 Å². The average Bonchev–Trinajstić information content (AvgIpc) is 3.48. The summed E-state index contributed by atoms with van der Waals surface area (Å²) in [5.74, 6) is 2.62. The molecule has 6 nitrogen and oxygen atoms in total. The van der Waals surface area contributed by atoms with Gasteiger partial charge in [0.15, 0.2) is 11.5 Å². The van der Waals surface area contributed by atoms with E-state index in [1.165, 1.54) is 0 Å². The van der Waals surface area contributed by atoms with E-state index in [9.17, 15) is 4.79 Å². The topological polar surface area (TPSA) is 56.6 Å². The minimum atomic E-state index is 0.127. The molecular weight excluding hydrogens is 426 g/mol. The lowest BCUT2D eigenvalue weighted by Crippen LogP contribution is -2.37. The summed E-state index contributed by atoms with van der Waals surface area (Å²) in [5, 5.41) is 4.83. The first-order valence-electron chi connectivity index (χ1n) is 12.2. The zero-order valence-corrected chi connectivity index (χ0v) is 20.7. The van der Waals surface area contributed by atoms with E-state index in [0.29, 0.717) is 36.4 Å². The van der Waals surface area contributed by atoms with Crippen molar-refractivity contribution in [2.24, 2.45) is 11.8 Å². The van der Waals surface area contributed by atoms with E-state index < -0.39 is 0 Å². The standard InChI is InChI=1S/C28H35N3O3/c1-20(2)18-30(27(32)22-12-8-9-13-22)19-24-21(3)29-31(23-14-6-5-7-15-23)28(24)34-26-17-11-10-16-25(26)33-4/h5-7,10-11,14-17,20,22H,8-9,12-13,18-19H2,1-4H3. The fourth-order valence-electron chi connectivity index (χ4n) is 4.67. The third-order valence-electron chi connectivity index (χ3n) is 6.36. The molecule has 1 aliphatic carbocycles. The monoisotopic (exact) mass is 461 g/mol. The molecule has 1 amide bonds. The number of rotatable bonds is 9. The smallest absolute Gasteiger partial charge is 0.228 e. The van der Waals surface area contributed by atoms with Crippen molar-refractivity contribution in [3.05, 3.63) is 65.9 Å². The Morgan fingerprint density at radius 2 is 1.71 bits per heavy atom. The number of carbonyl (C=O) groups excluding carboxylic acids is 1. The minimum absolute atomic E-state index is 0.127. The number of ether oxygens (including phenoxy) is 2. The molecule has 1 saturated carbocycles. The van der Waals surface area contributed by atoms with Crippen LogP contribution in [0.2, 0.25) is 0 Å². The normalized spacial score (nSPS) is 13.9. The molecule has 0 aliphatic heterocycles. The van der Waals surface area contributed by atoms with Gasteiger partial charge in [0, 0.05) is 12.5 Å². The Hall–Kier alpha value is -3.28. The summed E-state index contributed by atoms with van der Waals surface area (Å²) in [5.41, 5.74) is 2.67. The molecule has 0 unspecified atom stereocenters. The zero-order valence-electron chi connectivity index (χ0n) is 20.7. The molecule has 1 aliphatic rings. The Bertz CT molecular complexity index is 1100. The minimum Gasteiger partial charge on any atom is -0.493 e. The number of methoxy groups -OCH3 is 1. The number of aryl methyl sites for hydroxylation is 1. The number of amides is 1. The molecule has 0 N–H and O–H groups in total. The summed E-state index contributed by atoms with van der Waals surface area (Å²) in [6.07, 6.45) is 4.25. The molecule has 1 fully saturated rings. The summed E-state index contributed by atoms with van der Waals surface area (Å²) in [4.78, 5) is 15.5. The second kappa shape index (κ2) is 10.8. The Labute approximate surface area is 202 Å². The van der Waals surface area contributed by atoms with Crippen molar-refractivity contribution < 1.29 is 14.3 Å². The summed E-state index contributed by atoms with van der Waals surface area (Å²) < 4.78 is 13.8. The van der Waals surface area contributed by atoms with E-state index in [-0.39, 0.29) is 11.8 Å². The summed E-state index contributed by atoms with van der Waals surface area (Å²) >= 11 is 0. The lowest BCUT2D eigenvalue weighted by Gasteiger charge is -2.27. The van der Waals surface area contributed by atoms with E-state index in [1.807, 2.05) is 71.1 Å². The maximum absolute atomic E-state index is 13.5. The van der Waals surface area contributed by atoms with Gasteiger partial charge in [-0.3, -0.25) is 4.79 Å². The van der Waals surface area contributed by atoms with Crippen molar-refractivity contribution in [2.75, 3.05) is 13.7 Å². The molecule has 0 saturated heterocycles. The summed E-state index contributed by atoms with van der Waals surface area (Å²) in [7, 11) is 1.63. The van der Waals surface area contributed by atoms with Gasteiger partial charge in [0.2, 0.25) is 11.8 Å². The van der Waals surface area contributed by atoms with Gasteiger partial charge in [-0.25, -0.2) is 4.68 Å². The van der Waals surface area contributed by atoms with Crippen LogP contribution in [0.1, 0.15) is 50.8 Å². The summed E-state index contributed by atoms with van der Waals surface area (Å²) in [6.45, 7) is 7.47. The number of hydrogen-bond donors (Lipinski definition) is 0. The van der Waals surface area contributed by atoms with Gasteiger partial charge in [-0.05, 0) is 49.9 Å². The van der Waals surface area contributed by atoms with Crippen molar-refractivity contribution in [1.29, 1.82) is 0 Å². The van der Waals surface area contributed by atoms with Crippen LogP contribution in [-0.2, 0) is 11.3 Å². The highest BCUT2D eigenvalue weighted by Gasteiger charge is 2.30. The predicted molar refractivity (Wildman–Crippen MR) is 134 cm³/mol. The van der Waals surface area contributed by atoms with Crippen molar-refractivity contribution in [3.8, 4) is 23.1 Å². The van der Waals surface area contributed by atoms with E-state index in [2.05, 4.69) is 13.8 Å². The largest absolute Gasteiger partial charge is 0.493 e. The van der Waals surface area contributed by atoms with Crippen LogP contribution in [0.25, 0.3) is 5.69 Å². The second-order valence-electron chi connectivity index (χ2n) is 9.46.